The monoisotopic (exact) mass is 286 g/mol. The van der Waals surface area contributed by atoms with Crippen molar-refractivity contribution in [2.45, 2.75) is 25.3 Å². The summed E-state index contributed by atoms with van der Waals surface area (Å²) in [6.45, 7) is 2.09. The molecule has 1 aliphatic rings. The van der Waals surface area contributed by atoms with Crippen LogP contribution in [-0.2, 0) is 0 Å². The van der Waals surface area contributed by atoms with Gasteiger partial charge in [-0.1, -0.05) is 18.3 Å². The molecule has 5 heteroatoms. The smallest absolute Gasteiger partial charge is 0.269 e. The second-order valence-corrected chi connectivity index (χ2v) is 5.28. The van der Waals surface area contributed by atoms with Crippen molar-refractivity contribution in [3.8, 4) is 11.8 Å². The molecule has 1 unspecified atom stereocenters. The summed E-state index contributed by atoms with van der Waals surface area (Å²) in [6.07, 6.45) is 5.22. The molecule has 1 aromatic rings. The molecule has 5 nitrogen and oxygen atoms in total. The van der Waals surface area contributed by atoms with Crippen molar-refractivity contribution >= 4 is 5.91 Å². The number of nitrogens with two attached hydrogens (primary N) is 1. The summed E-state index contributed by atoms with van der Waals surface area (Å²) in [5.41, 5.74) is 6.50. The molecule has 1 saturated heterocycles. The van der Waals surface area contributed by atoms with E-state index in [1.54, 1.807) is 18.3 Å². The number of carbonyl (C=O) groups is 1. The molecule has 3 N–H and O–H groups in total. The molecule has 0 bridgehead atoms. The van der Waals surface area contributed by atoms with E-state index in [4.69, 9.17) is 5.73 Å². The van der Waals surface area contributed by atoms with Crippen LogP contribution in [0, 0.1) is 11.8 Å². The van der Waals surface area contributed by atoms with Gasteiger partial charge in [-0.15, -0.1) is 0 Å². The number of hydrogen-bond donors (Lipinski definition) is 2. The Labute approximate surface area is 125 Å². The first kappa shape index (κ1) is 15.5. The molecule has 2 heterocycles. The standard InChI is InChI=1S/C16H22N4O/c1-20-10-3-2-6-14(20)12-19-16(21)15-8-7-13(11-18-15)5-4-9-17/h7-8,11,14H,2-3,6,9-10,12,17H2,1H3,(H,19,21). The Morgan fingerprint density at radius 2 is 2.38 bits per heavy atom. The van der Waals surface area contributed by atoms with Crippen molar-refractivity contribution < 1.29 is 4.79 Å². The second-order valence-electron chi connectivity index (χ2n) is 5.28. The highest BCUT2D eigenvalue weighted by Gasteiger charge is 2.19. The Kier molecular flexibility index (Phi) is 5.73. The van der Waals surface area contributed by atoms with Crippen molar-refractivity contribution in [2.24, 2.45) is 5.73 Å². The highest BCUT2D eigenvalue weighted by molar-refractivity contribution is 5.92. The summed E-state index contributed by atoms with van der Waals surface area (Å²) in [4.78, 5) is 18.5. The zero-order valence-corrected chi connectivity index (χ0v) is 12.4. The Balaban J connectivity index is 1.88. The van der Waals surface area contributed by atoms with Crippen molar-refractivity contribution in [2.75, 3.05) is 26.7 Å². The largest absolute Gasteiger partial charge is 0.349 e. The number of likely N-dealkylation sites (tertiary alicyclic amines) is 1. The van der Waals surface area contributed by atoms with E-state index in [0.717, 1.165) is 18.5 Å². The fourth-order valence-corrected chi connectivity index (χ4v) is 2.46. The number of carbonyl (C=O) groups excluding carboxylic acids is 1. The number of nitrogens with zero attached hydrogens (tertiary/aromatic N) is 2. The van der Waals surface area contributed by atoms with Crippen LogP contribution in [0.2, 0.25) is 0 Å². The third-order valence-corrected chi connectivity index (χ3v) is 3.75. The normalized spacial score (nSPS) is 18.7. The van der Waals surface area contributed by atoms with Crippen molar-refractivity contribution in [1.82, 2.24) is 15.2 Å². The average Bonchev–Trinajstić information content (AvgIpc) is 2.52. The Morgan fingerprint density at radius 3 is 3.05 bits per heavy atom. The molecule has 1 amide bonds. The number of amides is 1. The van der Waals surface area contributed by atoms with E-state index in [1.165, 1.54) is 12.8 Å². The first-order valence-corrected chi connectivity index (χ1v) is 7.34. The molecule has 1 aromatic heterocycles. The first-order valence-electron chi connectivity index (χ1n) is 7.34. The minimum Gasteiger partial charge on any atom is -0.349 e. The maximum absolute atomic E-state index is 12.1. The van der Waals surface area contributed by atoms with Gasteiger partial charge in [0.15, 0.2) is 0 Å². The molecule has 0 aromatic carbocycles. The van der Waals surface area contributed by atoms with Crippen LogP contribution >= 0.6 is 0 Å². The fraction of sp³-hybridized carbons (Fsp3) is 0.500. The van der Waals surface area contributed by atoms with Crippen LogP contribution in [0.3, 0.4) is 0 Å². The molecule has 112 valence electrons. The molecular formula is C16H22N4O. The lowest BCUT2D eigenvalue weighted by atomic mass is 10.0. The molecule has 0 aliphatic carbocycles. The van der Waals surface area contributed by atoms with Crippen molar-refractivity contribution in [3.63, 3.8) is 0 Å². The van der Waals surface area contributed by atoms with E-state index in [9.17, 15) is 4.79 Å². The lowest BCUT2D eigenvalue weighted by Gasteiger charge is -2.32. The fourth-order valence-electron chi connectivity index (χ4n) is 2.46. The van der Waals surface area contributed by atoms with Crippen LogP contribution in [0.5, 0.6) is 0 Å². The Hall–Kier alpha value is -1.90. The molecule has 0 spiro atoms. The zero-order valence-electron chi connectivity index (χ0n) is 12.4. The van der Waals surface area contributed by atoms with Crippen molar-refractivity contribution in [1.29, 1.82) is 0 Å². The summed E-state index contributed by atoms with van der Waals surface area (Å²) >= 11 is 0. The lowest BCUT2D eigenvalue weighted by Crippen LogP contribution is -2.44. The minimum absolute atomic E-state index is 0.132. The molecule has 1 aliphatic heterocycles. The van der Waals surface area contributed by atoms with Gasteiger partial charge in [0.25, 0.3) is 5.91 Å². The van der Waals surface area contributed by atoms with E-state index in [0.29, 0.717) is 24.8 Å². The van der Waals surface area contributed by atoms with E-state index in [-0.39, 0.29) is 5.91 Å². The lowest BCUT2D eigenvalue weighted by molar-refractivity contribution is 0.0923. The van der Waals surface area contributed by atoms with E-state index in [1.807, 2.05) is 0 Å². The van der Waals surface area contributed by atoms with E-state index >= 15 is 0 Å². The van der Waals surface area contributed by atoms with Gasteiger partial charge in [-0.3, -0.25) is 4.79 Å². The van der Waals surface area contributed by atoms with Gasteiger partial charge in [0, 0.05) is 24.3 Å². The summed E-state index contributed by atoms with van der Waals surface area (Å²) in [5, 5.41) is 2.96. The molecule has 0 radical (unpaired) electrons. The van der Waals surface area contributed by atoms with Crippen LogP contribution < -0.4 is 11.1 Å². The van der Waals surface area contributed by atoms with Gasteiger partial charge >= 0.3 is 0 Å². The van der Waals surface area contributed by atoms with Crippen molar-refractivity contribution in [3.05, 3.63) is 29.6 Å². The minimum atomic E-state index is -0.132. The molecule has 1 fully saturated rings. The van der Waals surface area contributed by atoms with Crippen LogP contribution in [0.1, 0.15) is 35.3 Å². The summed E-state index contributed by atoms with van der Waals surface area (Å²) in [6, 6.07) is 3.91. The van der Waals surface area contributed by atoms with Gasteiger partial charge in [-0.05, 0) is 38.6 Å². The molecule has 1 atom stereocenters. The Bertz CT molecular complexity index is 529. The average molecular weight is 286 g/mol. The maximum Gasteiger partial charge on any atom is 0.269 e. The number of nitrogens with one attached hydrogen (secondary N) is 1. The number of rotatable bonds is 3. The quantitative estimate of drug-likeness (QED) is 0.799. The predicted molar refractivity (Wildman–Crippen MR) is 82.8 cm³/mol. The van der Waals surface area contributed by atoms with Crippen LogP contribution in [0.15, 0.2) is 18.3 Å². The maximum atomic E-state index is 12.1. The molecule has 2 rings (SSSR count). The van der Waals surface area contributed by atoms with Gasteiger partial charge in [-0.25, -0.2) is 4.98 Å². The topological polar surface area (TPSA) is 71.2 Å². The summed E-state index contributed by atoms with van der Waals surface area (Å²) in [5.74, 6) is 5.51. The molecular weight excluding hydrogens is 264 g/mol. The zero-order chi connectivity index (χ0) is 15.1. The first-order chi connectivity index (χ1) is 10.2. The van der Waals surface area contributed by atoms with Gasteiger partial charge in [0.1, 0.15) is 5.69 Å². The van der Waals surface area contributed by atoms with E-state index < -0.39 is 0 Å². The van der Waals surface area contributed by atoms with Gasteiger partial charge in [0.05, 0.1) is 6.54 Å². The predicted octanol–water partition coefficient (Wildman–Crippen LogP) is 0.606. The second kappa shape index (κ2) is 7.77. The number of aromatic nitrogens is 1. The molecule has 0 saturated carbocycles. The number of hydrogen-bond acceptors (Lipinski definition) is 4. The third kappa shape index (κ3) is 4.55. The number of likely N-dealkylation sites (N-methyl/N-ethyl adjacent to an activating group) is 1. The number of pyridine rings is 1. The van der Waals surface area contributed by atoms with Crippen LogP contribution in [-0.4, -0.2) is 48.5 Å². The Morgan fingerprint density at radius 1 is 1.52 bits per heavy atom. The van der Waals surface area contributed by atoms with Crippen LogP contribution in [0.4, 0.5) is 0 Å². The highest BCUT2D eigenvalue weighted by atomic mass is 16.1. The highest BCUT2D eigenvalue weighted by Crippen LogP contribution is 2.14. The van der Waals surface area contributed by atoms with E-state index in [2.05, 4.69) is 34.1 Å². The van der Waals surface area contributed by atoms with Gasteiger partial charge in [0.2, 0.25) is 0 Å². The van der Waals surface area contributed by atoms with Crippen LogP contribution in [0.25, 0.3) is 0 Å². The summed E-state index contributed by atoms with van der Waals surface area (Å²) < 4.78 is 0. The SMILES string of the molecule is CN1CCCCC1CNC(=O)c1ccc(C#CCN)cn1. The van der Waals surface area contributed by atoms with Gasteiger partial charge < -0.3 is 16.0 Å². The molecule has 21 heavy (non-hydrogen) atoms. The van der Waals surface area contributed by atoms with Gasteiger partial charge in [-0.2, -0.15) is 0 Å². The number of piperidine rings is 1. The third-order valence-electron chi connectivity index (χ3n) is 3.75. The summed E-state index contributed by atoms with van der Waals surface area (Å²) in [7, 11) is 2.11.